The van der Waals surface area contributed by atoms with Gasteiger partial charge in [0.25, 0.3) is 0 Å². The molecule has 1 rings (SSSR count). The average Bonchev–Trinajstić information content (AvgIpc) is 2.17. The van der Waals surface area contributed by atoms with E-state index in [4.69, 9.17) is 0 Å². The molecule has 0 spiro atoms. The van der Waals surface area contributed by atoms with Gasteiger partial charge in [0.2, 0.25) is 5.16 Å². The van der Waals surface area contributed by atoms with Gasteiger partial charge < -0.3 is 0 Å². The Morgan fingerprint density at radius 1 is 1.89 bits per heavy atom. The third-order valence-corrected chi connectivity index (χ3v) is 1.05. The van der Waals surface area contributed by atoms with E-state index < -0.39 is 0 Å². The highest BCUT2D eigenvalue weighted by Crippen LogP contribution is 1.93. The van der Waals surface area contributed by atoms with Crippen molar-refractivity contribution in [1.82, 2.24) is 14.8 Å². The van der Waals surface area contributed by atoms with Crippen LogP contribution in [0.4, 0.5) is 0 Å². The summed E-state index contributed by atoms with van der Waals surface area (Å²) >= 11 is 3.92. The van der Waals surface area contributed by atoms with E-state index >= 15 is 0 Å². The van der Waals surface area contributed by atoms with E-state index in [1.54, 1.807) is 17.1 Å². The zero-order valence-corrected chi connectivity index (χ0v) is 5.75. The van der Waals surface area contributed by atoms with Crippen molar-refractivity contribution in [1.29, 1.82) is 0 Å². The second-order valence-corrected chi connectivity index (χ2v) is 1.96. The number of nitrogens with zero attached hydrogens (tertiary/aromatic N) is 3. The minimum atomic E-state index is 0.497. The van der Waals surface area contributed by atoms with Crippen LogP contribution in [0.15, 0.2) is 24.1 Å². The first kappa shape index (κ1) is 6.35. The summed E-state index contributed by atoms with van der Waals surface area (Å²) in [7, 11) is 0. The van der Waals surface area contributed by atoms with Gasteiger partial charge in [-0.05, 0) is 0 Å². The molecule has 1 aromatic heterocycles. The normalized spacial score (nSPS) is 9.44. The zero-order chi connectivity index (χ0) is 6.69. The Bertz CT molecular complexity index is 206. The zero-order valence-electron chi connectivity index (χ0n) is 4.86. The number of hydrogen-bond acceptors (Lipinski definition) is 3. The maximum absolute atomic E-state index is 3.92. The molecule has 0 bridgehead atoms. The molecule has 1 heterocycles. The summed E-state index contributed by atoms with van der Waals surface area (Å²) in [6.07, 6.45) is 3.37. The Morgan fingerprint density at radius 3 is 3.11 bits per heavy atom. The fourth-order valence-electron chi connectivity index (χ4n) is 0.505. The van der Waals surface area contributed by atoms with Crippen LogP contribution in [0.3, 0.4) is 0 Å². The molecule has 0 aliphatic carbocycles. The number of thiol groups is 1. The maximum atomic E-state index is 3.92. The first-order chi connectivity index (χ1) is 4.33. The predicted octanol–water partition coefficient (Wildman–Crippen LogP) is 0.753. The van der Waals surface area contributed by atoms with Gasteiger partial charge in [0.15, 0.2) is 0 Å². The molecular weight excluding hydrogens is 134 g/mol. The molecule has 0 saturated heterocycles. The summed E-state index contributed by atoms with van der Waals surface area (Å²) in [5.41, 5.74) is 0. The number of aromatic nitrogens is 3. The van der Waals surface area contributed by atoms with Crippen molar-refractivity contribution >= 4 is 12.6 Å². The highest BCUT2D eigenvalue weighted by atomic mass is 32.1. The SMILES string of the molecule is C=CCn1cnc(S)n1. The Labute approximate surface area is 58.8 Å². The lowest BCUT2D eigenvalue weighted by Gasteiger charge is -1.88. The van der Waals surface area contributed by atoms with Crippen molar-refractivity contribution in [3.63, 3.8) is 0 Å². The van der Waals surface area contributed by atoms with Gasteiger partial charge in [0.05, 0.1) is 6.54 Å². The van der Waals surface area contributed by atoms with E-state index in [0.717, 1.165) is 0 Å². The van der Waals surface area contributed by atoms with E-state index in [0.29, 0.717) is 11.7 Å². The maximum Gasteiger partial charge on any atom is 0.205 e. The van der Waals surface area contributed by atoms with Gasteiger partial charge in [-0.15, -0.1) is 24.3 Å². The molecule has 3 nitrogen and oxygen atoms in total. The van der Waals surface area contributed by atoms with Crippen LogP contribution in [0, 0.1) is 0 Å². The summed E-state index contributed by atoms with van der Waals surface area (Å²) in [4.78, 5) is 3.80. The molecule has 0 unspecified atom stereocenters. The van der Waals surface area contributed by atoms with Crippen LogP contribution in [0.25, 0.3) is 0 Å². The molecule has 0 amide bonds. The molecule has 48 valence electrons. The topological polar surface area (TPSA) is 30.7 Å². The fourth-order valence-corrected chi connectivity index (χ4v) is 0.672. The molecule has 0 aliphatic rings. The van der Waals surface area contributed by atoms with Crippen molar-refractivity contribution in [3.05, 3.63) is 19.0 Å². The van der Waals surface area contributed by atoms with E-state index in [1.807, 2.05) is 0 Å². The standard InChI is InChI=1S/C5H7N3S/c1-2-3-8-4-6-5(9)7-8/h2,4H,1,3H2,(H,7,9). The van der Waals surface area contributed by atoms with Crippen molar-refractivity contribution in [2.45, 2.75) is 11.7 Å². The lowest BCUT2D eigenvalue weighted by Crippen LogP contribution is -1.93. The van der Waals surface area contributed by atoms with Crippen LogP contribution in [0.1, 0.15) is 0 Å². The summed E-state index contributed by atoms with van der Waals surface area (Å²) in [5.74, 6) is 0. The third-order valence-electron chi connectivity index (χ3n) is 0.841. The summed E-state index contributed by atoms with van der Waals surface area (Å²) < 4.78 is 1.66. The average molecular weight is 141 g/mol. The summed E-state index contributed by atoms with van der Waals surface area (Å²) in [6.45, 7) is 4.24. The smallest absolute Gasteiger partial charge is 0.205 e. The lowest BCUT2D eigenvalue weighted by atomic mass is 10.6. The van der Waals surface area contributed by atoms with Gasteiger partial charge in [-0.1, -0.05) is 6.08 Å². The van der Waals surface area contributed by atoms with Crippen LogP contribution in [-0.4, -0.2) is 14.8 Å². The fraction of sp³-hybridized carbons (Fsp3) is 0.200. The third kappa shape index (κ3) is 1.57. The van der Waals surface area contributed by atoms with Crippen LogP contribution in [0.5, 0.6) is 0 Å². The molecule has 9 heavy (non-hydrogen) atoms. The molecule has 0 aliphatic heterocycles. The largest absolute Gasteiger partial charge is 0.248 e. The first-order valence-corrected chi connectivity index (χ1v) is 2.97. The van der Waals surface area contributed by atoms with E-state index in [9.17, 15) is 0 Å². The number of hydrogen-bond donors (Lipinski definition) is 1. The lowest BCUT2D eigenvalue weighted by molar-refractivity contribution is 0.681. The first-order valence-electron chi connectivity index (χ1n) is 2.52. The molecule has 0 fully saturated rings. The molecule has 0 radical (unpaired) electrons. The summed E-state index contributed by atoms with van der Waals surface area (Å²) in [5, 5.41) is 4.40. The van der Waals surface area contributed by atoms with Gasteiger partial charge >= 0.3 is 0 Å². The van der Waals surface area contributed by atoms with Crippen molar-refractivity contribution in [3.8, 4) is 0 Å². The molecule has 0 N–H and O–H groups in total. The predicted molar refractivity (Wildman–Crippen MR) is 37.5 cm³/mol. The van der Waals surface area contributed by atoms with Crippen LogP contribution >= 0.6 is 12.6 Å². The number of rotatable bonds is 2. The minimum Gasteiger partial charge on any atom is -0.248 e. The van der Waals surface area contributed by atoms with Gasteiger partial charge in [0, 0.05) is 0 Å². The van der Waals surface area contributed by atoms with Crippen LogP contribution < -0.4 is 0 Å². The summed E-state index contributed by atoms with van der Waals surface area (Å²) in [6, 6.07) is 0. The van der Waals surface area contributed by atoms with Crippen LogP contribution in [-0.2, 0) is 6.54 Å². The minimum absolute atomic E-state index is 0.497. The number of allylic oxidation sites excluding steroid dienone is 1. The second kappa shape index (κ2) is 2.68. The highest BCUT2D eigenvalue weighted by molar-refractivity contribution is 7.80. The van der Waals surface area contributed by atoms with Gasteiger partial charge in [-0.2, -0.15) is 0 Å². The van der Waals surface area contributed by atoms with Crippen molar-refractivity contribution in [2.75, 3.05) is 0 Å². The Hall–Kier alpha value is -0.770. The van der Waals surface area contributed by atoms with Crippen molar-refractivity contribution in [2.24, 2.45) is 0 Å². The second-order valence-electron chi connectivity index (χ2n) is 1.56. The molecule has 0 atom stereocenters. The van der Waals surface area contributed by atoms with E-state index in [1.165, 1.54) is 0 Å². The molecule has 0 aromatic carbocycles. The Kier molecular flexibility index (Phi) is 1.89. The van der Waals surface area contributed by atoms with E-state index in [2.05, 4.69) is 29.3 Å². The van der Waals surface area contributed by atoms with Gasteiger partial charge in [-0.3, -0.25) is 0 Å². The molecule has 0 saturated carbocycles. The molecule has 4 heteroatoms. The highest BCUT2D eigenvalue weighted by Gasteiger charge is 1.89. The van der Waals surface area contributed by atoms with Gasteiger partial charge in [-0.25, -0.2) is 9.67 Å². The van der Waals surface area contributed by atoms with Crippen LogP contribution in [0.2, 0.25) is 0 Å². The molecule has 1 aromatic rings. The monoisotopic (exact) mass is 141 g/mol. The Morgan fingerprint density at radius 2 is 2.67 bits per heavy atom. The van der Waals surface area contributed by atoms with Crippen molar-refractivity contribution < 1.29 is 0 Å². The molecular formula is C5H7N3S. The quantitative estimate of drug-likeness (QED) is 0.486. The van der Waals surface area contributed by atoms with Gasteiger partial charge in [0.1, 0.15) is 6.33 Å². The Balaban J connectivity index is 2.72. The van der Waals surface area contributed by atoms with E-state index in [-0.39, 0.29) is 0 Å².